The Morgan fingerprint density at radius 3 is 2.13 bits per heavy atom. The Morgan fingerprint density at radius 1 is 1.33 bits per heavy atom. The Kier molecular flexibility index (Phi) is 4.88. The molecule has 0 saturated carbocycles. The lowest BCUT2D eigenvalue weighted by Gasteiger charge is -2.30. The number of nitrogens with two attached hydrogens (primary N) is 1. The van der Waals surface area contributed by atoms with Crippen LogP contribution in [0.3, 0.4) is 0 Å². The molecule has 2 bridgehead atoms. The van der Waals surface area contributed by atoms with E-state index < -0.39 is 6.09 Å². The summed E-state index contributed by atoms with van der Waals surface area (Å²) in [5.74, 6) is 0. The molecule has 2 N–H and O–H groups in total. The summed E-state index contributed by atoms with van der Waals surface area (Å²) in [6.45, 7) is 2.06. The first kappa shape index (κ1) is 12.3. The predicted octanol–water partition coefficient (Wildman–Crippen LogP) is 1.73. The van der Waals surface area contributed by atoms with Crippen LogP contribution in [0.25, 0.3) is 0 Å². The van der Waals surface area contributed by atoms with Gasteiger partial charge in [0, 0.05) is 12.1 Å². The number of nitrogens with zero attached hydrogens (tertiary/aromatic N) is 1. The van der Waals surface area contributed by atoms with E-state index in [2.05, 4.69) is 22.4 Å². The van der Waals surface area contributed by atoms with Crippen LogP contribution in [0.2, 0.25) is 0 Å². The number of hydrogen-bond donors (Lipinski definition) is 1. The molecule has 0 aliphatic carbocycles. The summed E-state index contributed by atoms with van der Waals surface area (Å²) < 4.78 is 4.18. The minimum atomic E-state index is -0.711. The molecule has 0 aromatic carbocycles. The molecule has 0 aromatic heterocycles. The van der Waals surface area contributed by atoms with Crippen molar-refractivity contribution in [3.05, 3.63) is 0 Å². The molecular weight excluding hydrogens is 192 g/mol. The Bertz CT molecular complexity index is 193. The second-order valence-corrected chi connectivity index (χ2v) is 4.23. The predicted molar refractivity (Wildman–Crippen MR) is 59.6 cm³/mol. The van der Waals surface area contributed by atoms with Gasteiger partial charge in [-0.05, 0) is 39.7 Å². The van der Waals surface area contributed by atoms with Gasteiger partial charge in [-0.15, -0.1) is 0 Å². The normalized spacial score (nSPS) is 29.2. The van der Waals surface area contributed by atoms with Gasteiger partial charge in [-0.2, -0.15) is 0 Å². The molecule has 4 heteroatoms. The summed E-state index contributed by atoms with van der Waals surface area (Å²) in [5, 5.41) is 0. The molecule has 2 rings (SSSR count). The van der Waals surface area contributed by atoms with Crippen LogP contribution < -0.4 is 5.73 Å². The minimum absolute atomic E-state index is 0.356. The van der Waals surface area contributed by atoms with Crippen molar-refractivity contribution >= 4 is 6.09 Å². The average molecular weight is 214 g/mol. The third-order valence-electron chi connectivity index (χ3n) is 3.35. The summed E-state index contributed by atoms with van der Waals surface area (Å²) >= 11 is 0. The van der Waals surface area contributed by atoms with Gasteiger partial charge >= 0.3 is 6.09 Å². The maximum Gasteiger partial charge on any atom is 0.404 e. The van der Waals surface area contributed by atoms with Gasteiger partial charge in [0.2, 0.25) is 0 Å². The Morgan fingerprint density at radius 2 is 1.87 bits per heavy atom. The van der Waals surface area contributed by atoms with Crippen LogP contribution in [0.15, 0.2) is 0 Å². The van der Waals surface area contributed by atoms with E-state index in [1.807, 2.05) is 0 Å². The lowest BCUT2D eigenvalue weighted by Crippen LogP contribution is -2.35. The number of amides is 1. The van der Waals surface area contributed by atoms with E-state index in [4.69, 9.17) is 0 Å². The molecule has 2 fully saturated rings. The molecule has 2 saturated heterocycles. The highest BCUT2D eigenvalue weighted by atomic mass is 16.5. The summed E-state index contributed by atoms with van der Waals surface area (Å²) in [6.07, 6.45) is 6.65. The third-order valence-corrected chi connectivity index (χ3v) is 3.35. The van der Waals surface area contributed by atoms with Crippen molar-refractivity contribution in [1.82, 2.24) is 4.90 Å². The summed E-state index contributed by atoms with van der Waals surface area (Å²) in [6, 6.07) is 1.92. The number of carbonyl (C=O) groups is 1. The largest absolute Gasteiger partial charge is 0.450 e. The van der Waals surface area contributed by atoms with Crippen LogP contribution in [-0.4, -0.2) is 36.7 Å². The average Bonchev–Trinajstić information content (AvgIpc) is 2.40. The van der Waals surface area contributed by atoms with E-state index in [9.17, 15) is 4.79 Å². The molecule has 0 aromatic rings. The summed E-state index contributed by atoms with van der Waals surface area (Å²) in [4.78, 5) is 12.2. The molecule has 88 valence electrons. The van der Waals surface area contributed by atoms with Crippen LogP contribution in [0.1, 0.15) is 39.0 Å². The number of piperidine rings is 1. The maximum atomic E-state index is 9.60. The lowest BCUT2D eigenvalue weighted by atomic mass is 10.0. The van der Waals surface area contributed by atoms with Gasteiger partial charge in [-0.1, -0.05) is 6.42 Å². The number of hydrogen-bond acceptors (Lipinski definition) is 3. The zero-order valence-corrected chi connectivity index (χ0v) is 9.74. The molecule has 1 amide bonds. The quantitative estimate of drug-likeness (QED) is 0.723. The molecule has 2 aliphatic rings. The number of carbonyl (C=O) groups excluding carboxylic acids is 1. The number of ether oxygens (including phenoxy) is 1. The summed E-state index contributed by atoms with van der Waals surface area (Å²) in [7, 11) is 2.29. The molecular formula is C11H22N2O2. The van der Waals surface area contributed by atoms with E-state index >= 15 is 0 Å². The fraction of sp³-hybridized carbons (Fsp3) is 0.909. The van der Waals surface area contributed by atoms with Gasteiger partial charge in [0.15, 0.2) is 0 Å². The van der Waals surface area contributed by atoms with Crippen molar-refractivity contribution in [2.45, 2.75) is 51.1 Å². The van der Waals surface area contributed by atoms with Gasteiger partial charge < -0.3 is 15.4 Å². The van der Waals surface area contributed by atoms with Crippen LogP contribution in [0, 0.1) is 0 Å². The van der Waals surface area contributed by atoms with E-state index in [0.717, 1.165) is 12.1 Å². The molecule has 2 atom stereocenters. The molecule has 2 heterocycles. The zero-order valence-electron chi connectivity index (χ0n) is 9.74. The smallest absolute Gasteiger partial charge is 0.404 e. The second-order valence-electron chi connectivity index (χ2n) is 4.23. The first-order chi connectivity index (χ1) is 7.15. The molecule has 0 radical (unpaired) electrons. The van der Waals surface area contributed by atoms with Crippen LogP contribution in [0.4, 0.5) is 4.79 Å². The second kappa shape index (κ2) is 5.95. The number of primary amides is 1. The molecule has 0 unspecified atom stereocenters. The fourth-order valence-corrected chi connectivity index (χ4v) is 2.52. The monoisotopic (exact) mass is 214 g/mol. The van der Waals surface area contributed by atoms with Crippen LogP contribution in [0.5, 0.6) is 0 Å². The van der Waals surface area contributed by atoms with Gasteiger partial charge in [0.25, 0.3) is 0 Å². The van der Waals surface area contributed by atoms with Crippen LogP contribution >= 0.6 is 0 Å². The molecule has 2 aliphatic heterocycles. The number of fused-ring (bicyclic) bond motifs is 2. The van der Waals surface area contributed by atoms with E-state index in [1.165, 1.54) is 32.1 Å². The molecule has 0 spiro atoms. The van der Waals surface area contributed by atoms with Gasteiger partial charge in [-0.3, -0.25) is 0 Å². The van der Waals surface area contributed by atoms with Crippen molar-refractivity contribution in [2.75, 3.05) is 13.7 Å². The molecule has 15 heavy (non-hydrogen) atoms. The molecule has 4 nitrogen and oxygen atoms in total. The highest BCUT2D eigenvalue weighted by Gasteiger charge is 2.33. The van der Waals surface area contributed by atoms with Crippen molar-refractivity contribution in [2.24, 2.45) is 5.73 Å². The van der Waals surface area contributed by atoms with E-state index in [0.29, 0.717) is 6.61 Å². The third kappa shape index (κ3) is 3.70. The van der Waals surface area contributed by atoms with E-state index in [-0.39, 0.29) is 0 Å². The van der Waals surface area contributed by atoms with Crippen LogP contribution in [-0.2, 0) is 4.74 Å². The maximum absolute atomic E-state index is 9.60. The van der Waals surface area contributed by atoms with Crippen molar-refractivity contribution in [1.29, 1.82) is 0 Å². The Labute approximate surface area is 91.8 Å². The van der Waals surface area contributed by atoms with Gasteiger partial charge in [-0.25, -0.2) is 4.79 Å². The zero-order chi connectivity index (χ0) is 11.3. The van der Waals surface area contributed by atoms with Crippen molar-refractivity contribution in [3.8, 4) is 0 Å². The topological polar surface area (TPSA) is 55.6 Å². The SMILES string of the molecule is CCOC(N)=O.CN1[C@@H]2CCC[C@H]1CC2. The van der Waals surface area contributed by atoms with Crippen molar-refractivity contribution < 1.29 is 9.53 Å². The first-order valence-corrected chi connectivity index (χ1v) is 5.79. The standard InChI is InChI=1S/C8H15N.C3H7NO2/c1-9-7-3-2-4-8(9)6-5-7;1-2-6-3(4)5/h7-8H,2-6H2,1H3;2H2,1H3,(H2,4,5)/t7-,8+;. The minimum Gasteiger partial charge on any atom is -0.450 e. The van der Waals surface area contributed by atoms with Gasteiger partial charge in [0.05, 0.1) is 6.61 Å². The Hall–Kier alpha value is -0.770. The first-order valence-electron chi connectivity index (χ1n) is 5.79. The highest BCUT2D eigenvalue weighted by molar-refractivity contribution is 5.64. The fourth-order valence-electron chi connectivity index (χ4n) is 2.52. The summed E-state index contributed by atoms with van der Waals surface area (Å²) in [5.41, 5.74) is 4.54. The number of rotatable bonds is 1. The Balaban J connectivity index is 0.000000167. The van der Waals surface area contributed by atoms with Gasteiger partial charge in [0.1, 0.15) is 0 Å². The lowest BCUT2D eigenvalue weighted by molar-refractivity contribution is 0.163. The van der Waals surface area contributed by atoms with Crippen molar-refractivity contribution in [3.63, 3.8) is 0 Å². The highest BCUT2D eigenvalue weighted by Crippen LogP contribution is 2.33. The van der Waals surface area contributed by atoms with E-state index in [1.54, 1.807) is 6.92 Å².